The van der Waals surface area contributed by atoms with E-state index in [2.05, 4.69) is 10.3 Å². The standard InChI is InChI=1S/C15H10N4O5S2/c1-8-11(18(21)22)5-9(6-12(8)19(23)24)14(20)17-15-16-10(7-26-15)13-3-2-4-25-13/h2-7H,1H3,(H,16,17,20). The first-order valence-corrected chi connectivity index (χ1v) is 8.87. The molecule has 1 N–H and O–H groups in total. The number of anilines is 1. The first-order valence-electron chi connectivity index (χ1n) is 7.11. The Kier molecular flexibility index (Phi) is 4.73. The third kappa shape index (κ3) is 3.43. The summed E-state index contributed by atoms with van der Waals surface area (Å²) in [6.07, 6.45) is 0. The number of carbonyl (C=O) groups is 1. The minimum atomic E-state index is -0.753. The normalized spacial score (nSPS) is 10.5. The predicted octanol–water partition coefficient (Wildman–Crippen LogP) is 4.25. The summed E-state index contributed by atoms with van der Waals surface area (Å²) in [4.78, 5) is 38.3. The molecule has 2 heterocycles. The number of nitro groups is 2. The van der Waals surface area contributed by atoms with Crippen molar-refractivity contribution in [3.8, 4) is 10.6 Å². The fraction of sp³-hybridized carbons (Fsp3) is 0.0667. The maximum atomic E-state index is 12.4. The monoisotopic (exact) mass is 390 g/mol. The van der Waals surface area contributed by atoms with E-state index in [1.54, 1.807) is 5.38 Å². The van der Waals surface area contributed by atoms with Crippen LogP contribution in [0, 0.1) is 27.2 Å². The summed E-state index contributed by atoms with van der Waals surface area (Å²) < 4.78 is 0. The zero-order valence-electron chi connectivity index (χ0n) is 13.2. The second-order valence-corrected chi connectivity index (χ2v) is 6.93. The topological polar surface area (TPSA) is 128 Å². The van der Waals surface area contributed by atoms with E-state index < -0.39 is 27.1 Å². The number of carbonyl (C=O) groups excluding carboxylic acids is 1. The van der Waals surface area contributed by atoms with Crippen LogP contribution in [0.25, 0.3) is 10.6 Å². The van der Waals surface area contributed by atoms with Crippen molar-refractivity contribution in [2.75, 3.05) is 5.32 Å². The summed E-state index contributed by atoms with van der Waals surface area (Å²) in [6, 6.07) is 5.80. The summed E-state index contributed by atoms with van der Waals surface area (Å²) in [7, 11) is 0. The first kappa shape index (κ1) is 17.6. The molecule has 0 aliphatic heterocycles. The van der Waals surface area contributed by atoms with Gasteiger partial charge < -0.3 is 0 Å². The van der Waals surface area contributed by atoms with Gasteiger partial charge in [-0.3, -0.25) is 30.3 Å². The van der Waals surface area contributed by atoms with Gasteiger partial charge in [0.05, 0.1) is 26.0 Å². The highest BCUT2D eigenvalue weighted by Crippen LogP contribution is 2.31. The third-order valence-electron chi connectivity index (χ3n) is 3.51. The maximum Gasteiger partial charge on any atom is 0.279 e. The van der Waals surface area contributed by atoms with E-state index in [9.17, 15) is 25.0 Å². The van der Waals surface area contributed by atoms with E-state index >= 15 is 0 Å². The van der Waals surface area contributed by atoms with E-state index in [-0.39, 0.29) is 11.1 Å². The smallest absolute Gasteiger partial charge is 0.279 e. The largest absolute Gasteiger partial charge is 0.298 e. The molecule has 0 spiro atoms. The van der Waals surface area contributed by atoms with Crippen molar-refractivity contribution in [1.29, 1.82) is 0 Å². The van der Waals surface area contributed by atoms with Gasteiger partial charge in [0.25, 0.3) is 17.3 Å². The summed E-state index contributed by atoms with van der Waals surface area (Å²) in [5.41, 5.74) is -0.556. The number of thiophene rings is 1. The molecule has 1 amide bonds. The minimum Gasteiger partial charge on any atom is -0.298 e. The molecule has 0 bridgehead atoms. The Morgan fingerprint density at radius 1 is 1.15 bits per heavy atom. The Balaban J connectivity index is 1.90. The highest BCUT2D eigenvalue weighted by Gasteiger charge is 2.25. The van der Waals surface area contributed by atoms with E-state index in [4.69, 9.17) is 0 Å². The van der Waals surface area contributed by atoms with Crippen LogP contribution in [0.15, 0.2) is 35.0 Å². The van der Waals surface area contributed by atoms with Crippen LogP contribution < -0.4 is 5.32 Å². The molecule has 0 saturated carbocycles. The molecule has 3 aromatic rings. The van der Waals surface area contributed by atoms with Crippen LogP contribution in [-0.4, -0.2) is 20.7 Å². The number of nitrogens with one attached hydrogen (secondary N) is 1. The molecule has 0 atom stereocenters. The number of benzene rings is 1. The number of amides is 1. The van der Waals surface area contributed by atoms with Gasteiger partial charge in [-0.2, -0.15) is 0 Å². The molecule has 11 heteroatoms. The molecule has 132 valence electrons. The number of aromatic nitrogens is 1. The van der Waals surface area contributed by atoms with Gasteiger partial charge in [-0.15, -0.1) is 22.7 Å². The average molecular weight is 390 g/mol. The molecule has 0 radical (unpaired) electrons. The van der Waals surface area contributed by atoms with Gasteiger partial charge >= 0.3 is 0 Å². The Labute approximate surface area is 154 Å². The summed E-state index contributed by atoms with van der Waals surface area (Å²) >= 11 is 2.69. The second kappa shape index (κ2) is 6.98. The Morgan fingerprint density at radius 3 is 2.35 bits per heavy atom. The summed E-state index contributed by atoms with van der Waals surface area (Å²) in [5, 5.41) is 28.7. The van der Waals surface area contributed by atoms with Crippen molar-refractivity contribution in [3.63, 3.8) is 0 Å². The zero-order valence-corrected chi connectivity index (χ0v) is 14.8. The fourth-order valence-electron chi connectivity index (χ4n) is 2.23. The van der Waals surface area contributed by atoms with Crippen molar-refractivity contribution < 1.29 is 14.6 Å². The molecular formula is C15H10N4O5S2. The lowest BCUT2D eigenvalue weighted by Crippen LogP contribution is -2.13. The SMILES string of the molecule is Cc1c([N+](=O)[O-])cc(C(=O)Nc2nc(-c3cccs3)cs2)cc1[N+](=O)[O-]. The second-order valence-electron chi connectivity index (χ2n) is 5.12. The lowest BCUT2D eigenvalue weighted by Gasteiger charge is -2.04. The molecule has 26 heavy (non-hydrogen) atoms. The van der Waals surface area contributed by atoms with Gasteiger partial charge in [0.15, 0.2) is 5.13 Å². The Morgan fingerprint density at radius 2 is 1.81 bits per heavy atom. The number of hydrogen-bond donors (Lipinski definition) is 1. The summed E-state index contributed by atoms with van der Waals surface area (Å²) in [5.74, 6) is -0.705. The number of thiazole rings is 1. The van der Waals surface area contributed by atoms with Crippen LogP contribution in [0.4, 0.5) is 16.5 Å². The lowest BCUT2D eigenvalue weighted by molar-refractivity contribution is -0.395. The third-order valence-corrected chi connectivity index (χ3v) is 5.16. The molecular weight excluding hydrogens is 380 g/mol. The molecule has 3 rings (SSSR count). The van der Waals surface area contributed by atoms with E-state index in [0.717, 1.165) is 17.0 Å². The van der Waals surface area contributed by atoms with Gasteiger partial charge in [0, 0.05) is 17.5 Å². The number of hydrogen-bond acceptors (Lipinski definition) is 8. The molecule has 0 saturated heterocycles. The molecule has 0 fully saturated rings. The number of nitrogens with zero attached hydrogens (tertiary/aromatic N) is 3. The zero-order chi connectivity index (χ0) is 18.8. The molecule has 9 nitrogen and oxygen atoms in total. The number of rotatable bonds is 5. The lowest BCUT2D eigenvalue weighted by atomic mass is 10.1. The van der Waals surface area contributed by atoms with Gasteiger partial charge in [-0.1, -0.05) is 6.07 Å². The van der Waals surface area contributed by atoms with Crippen molar-refractivity contribution in [1.82, 2.24) is 4.98 Å². The van der Waals surface area contributed by atoms with Crippen molar-refractivity contribution in [3.05, 3.63) is 66.4 Å². The van der Waals surface area contributed by atoms with Gasteiger partial charge in [0.1, 0.15) is 5.56 Å². The molecule has 0 unspecified atom stereocenters. The highest BCUT2D eigenvalue weighted by molar-refractivity contribution is 7.16. The van der Waals surface area contributed by atoms with E-state index in [1.807, 2.05) is 17.5 Å². The number of nitro benzene ring substituents is 2. The Bertz CT molecular complexity index is 978. The van der Waals surface area contributed by atoms with Crippen LogP contribution in [0.5, 0.6) is 0 Å². The van der Waals surface area contributed by atoms with Crippen molar-refractivity contribution >= 4 is 45.1 Å². The van der Waals surface area contributed by atoms with Crippen LogP contribution in [-0.2, 0) is 0 Å². The van der Waals surface area contributed by atoms with Crippen molar-refractivity contribution in [2.45, 2.75) is 6.92 Å². The maximum absolute atomic E-state index is 12.4. The van der Waals surface area contributed by atoms with Crippen LogP contribution in [0.3, 0.4) is 0 Å². The fourth-order valence-corrected chi connectivity index (χ4v) is 3.70. The summed E-state index contributed by atoms with van der Waals surface area (Å²) in [6.45, 7) is 1.27. The predicted molar refractivity (Wildman–Crippen MR) is 97.9 cm³/mol. The molecule has 0 aliphatic carbocycles. The average Bonchev–Trinajstić information content (AvgIpc) is 3.25. The van der Waals surface area contributed by atoms with Gasteiger partial charge in [-0.25, -0.2) is 4.98 Å². The molecule has 2 aromatic heterocycles. The van der Waals surface area contributed by atoms with Crippen molar-refractivity contribution in [2.24, 2.45) is 0 Å². The molecule has 0 aliphatic rings. The van der Waals surface area contributed by atoms with Gasteiger partial charge in [0.2, 0.25) is 0 Å². The highest BCUT2D eigenvalue weighted by atomic mass is 32.1. The van der Waals surface area contributed by atoms with E-state index in [0.29, 0.717) is 10.8 Å². The Hall–Kier alpha value is -3.18. The first-order chi connectivity index (χ1) is 12.4. The quantitative estimate of drug-likeness (QED) is 0.512. The van der Waals surface area contributed by atoms with Crippen LogP contribution in [0.1, 0.15) is 15.9 Å². The van der Waals surface area contributed by atoms with Crippen LogP contribution in [0.2, 0.25) is 0 Å². The minimum absolute atomic E-state index is 0.106. The van der Waals surface area contributed by atoms with E-state index in [1.165, 1.54) is 29.6 Å². The molecule has 1 aromatic carbocycles. The van der Waals surface area contributed by atoms with Gasteiger partial charge in [-0.05, 0) is 18.4 Å². The van der Waals surface area contributed by atoms with Crippen LogP contribution >= 0.6 is 22.7 Å².